The second-order valence-electron chi connectivity index (χ2n) is 10.7. The van der Waals surface area contributed by atoms with Crippen molar-refractivity contribution in [3.63, 3.8) is 0 Å². The van der Waals surface area contributed by atoms with Gasteiger partial charge in [-0.15, -0.1) is 0 Å². The van der Waals surface area contributed by atoms with Crippen LogP contribution in [0.5, 0.6) is 0 Å². The van der Waals surface area contributed by atoms with Gasteiger partial charge in [-0.2, -0.15) is 0 Å². The van der Waals surface area contributed by atoms with Crippen LogP contribution in [0.4, 0.5) is 9.93 Å². The van der Waals surface area contributed by atoms with E-state index < -0.39 is 5.63 Å². The maximum atomic E-state index is 12.9. The van der Waals surface area contributed by atoms with Crippen molar-refractivity contribution in [1.29, 1.82) is 0 Å². The molecule has 1 aliphatic heterocycles. The van der Waals surface area contributed by atoms with Crippen molar-refractivity contribution in [2.75, 3.05) is 25.5 Å². The smallest absolute Gasteiger partial charge is 0.345 e. The molecule has 0 radical (unpaired) electrons. The van der Waals surface area contributed by atoms with Gasteiger partial charge in [0, 0.05) is 42.7 Å². The molecule has 1 saturated heterocycles. The Hall–Kier alpha value is -5.06. The first-order chi connectivity index (χ1) is 21.4. The molecule has 220 valence electrons. The van der Waals surface area contributed by atoms with Gasteiger partial charge < -0.3 is 18.5 Å². The molecule has 1 aliphatic rings. The van der Waals surface area contributed by atoms with Crippen molar-refractivity contribution in [2.24, 2.45) is 0 Å². The van der Waals surface area contributed by atoms with Crippen LogP contribution in [0.15, 0.2) is 98.7 Å². The highest BCUT2D eigenvalue weighted by molar-refractivity contribution is 7.19. The molecule has 2 amide bonds. The number of fused-ring (bicyclic) bond motifs is 2. The van der Waals surface area contributed by atoms with Gasteiger partial charge >= 0.3 is 11.7 Å². The van der Waals surface area contributed by atoms with Gasteiger partial charge in [-0.05, 0) is 60.4 Å². The molecule has 0 bridgehead atoms. The van der Waals surface area contributed by atoms with Crippen LogP contribution in [-0.2, 0) is 11.2 Å². The summed E-state index contributed by atoms with van der Waals surface area (Å²) in [7, 11) is 1.64. The highest BCUT2D eigenvalue weighted by Crippen LogP contribution is 2.30. The number of anilines is 1. The summed E-state index contributed by atoms with van der Waals surface area (Å²) in [4.78, 5) is 44.9. The summed E-state index contributed by atoms with van der Waals surface area (Å²) >= 11 is 1.22. The van der Waals surface area contributed by atoms with Gasteiger partial charge in [-0.3, -0.25) is 10.1 Å². The minimum atomic E-state index is -0.472. The standard InChI is InChI=1S/C34H27N3O6S/c1-41-25-11-12-37(19-25)34(40)36-33-35-18-30(44-33)26-16-23-14-20(8-10-28(23)43-32(26)39)13-21-7-9-27-24(15-21)17-29(42-27)31(38)22-5-3-2-4-6-22/h2-10,14-18,25H,11-13,19H2,1H3,(H,35,36,40). The summed E-state index contributed by atoms with van der Waals surface area (Å²) in [6, 6.07) is 24.0. The molecular formula is C34H27N3O6S. The molecule has 44 heavy (non-hydrogen) atoms. The predicted octanol–water partition coefficient (Wildman–Crippen LogP) is 6.74. The largest absolute Gasteiger partial charge is 0.453 e. The van der Waals surface area contributed by atoms with Crippen molar-refractivity contribution < 1.29 is 23.2 Å². The van der Waals surface area contributed by atoms with Crippen molar-refractivity contribution in [1.82, 2.24) is 9.88 Å². The summed E-state index contributed by atoms with van der Waals surface area (Å²) in [5.41, 5.74) is 3.69. The van der Waals surface area contributed by atoms with Gasteiger partial charge in [0.25, 0.3) is 0 Å². The average molecular weight is 606 g/mol. The van der Waals surface area contributed by atoms with E-state index in [-0.39, 0.29) is 17.9 Å². The van der Waals surface area contributed by atoms with Crippen molar-refractivity contribution in [3.8, 4) is 10.4 Å². The number of amides is 2. The topological polar surface area (TPSA) is 115 Å². The average Bonchev–Trinajstić information content (AvgIpc) is 3.81. The van der Waals surface area contributed by atoms with E-state index in [1.165, 1.54) is 11.3 Å². The number of carbonyl (C=O) groups is 2. The zero-order valence-electron chi connectivity index (χ0n) is 23.7. The number of rotatable bonds is 7. The number of ether oxygens (including phenoxy) is 1. The number of methoxy groups -OCH3 is 1. The molecule has 0 saturated carbocycles. The number of furan rings is 1. The molecule has 3 aromatic carbocycles. The minimum absolute atomic E-state index is 0.0386. The minimum Gasteiger partial charge on any atom is -0.453 e. The van der Waals surface area contributed by atoms with Gasteiger partial charge in [-0.25, -0.2) is 14.6 Å². The Balaban J connectivity index is 1.10. The summed E-state index contributed by atoms with van der Waals surface area (Å²) in [5, 5.41) is 4.86. The Morgan fingerprint density at radius 1 is 0.977 bits per heavy atom. The molecule has 6 aromatic rings. The lowest BCUT2D eigenvalue weighted by molar-refractivity contribution is 0.101. The number of carbonyl (C=O) groups excluding carboxylic acids is 2. The van der Waals surface area contributed by atoms with Crippen molar-refractivity contribution >= 4 is 50.2 Å². The number of nitrogens with one attached hydrogen (secondary N) is 1. The van der Waals surface area contributed by atoms with E-state index in [0.29, 0.717) is 57.6 Å². The lowest BCUT2D eigenvalue weighted by Crippen LogP contribution is -2.33. The predicted molar refractivity (Wildman–Crippen MR) is 168 cm³/mol. The summed E-state index contributed by atoms with van der Waals surface area (Å²) < 4.78 is 16.8. The third-order valence-electron chi connectivity index (χ3n) is 7.80. The zero-order chi connectivity index (χ0) is 30.2. The molecule has 1 fully saturated rings. The Kier molecular flexibility index (Phi) is 7.29. The molecule has 9 nitrogen and oxygen atoms in total. The maximum absolute atomic E-state index is 12.9. The fourth-order valence-electron chi connectivity index (χ4n) is 5.47. The summed E-state index contributed by atoms with van der Waals surface area (Å²) in [5.74, 6) is 0.149. The molecule has 1 N–H and O–H groups in total. The zero-order valence-corrected chi connectivity index (χ0v) is 24.6. The molecular weight excluding hydrogens is 578 g/mol. The highest BCUT2D eigenvalue weighted by atomic mass is 32.1. The van der Waals surface area contributed by atoms with E-state index in [1.54, 1.807) is 48.5 Å². The lowest BCUT2D eigenvalue weighted by atomic mass is 10.0. The number of thiazole rings is 1. The SMILES string of the molecule is COC1CCN(C(=O)Nc2ncc(-c3cc4cc(Cc5ccc6oc(C(=O)c7ccccc7)cc6c5)ccc4oc3=O)s2)C1. The maximum Gasteiger partial charge on any atom is 0.345 e. The Morgan fingerprint density at radius 3 is 2.43 bits per heavy atom. The fraction of sp³-hybridized carbons (Fsp3) is 0.176. The van der Waals surface area contributed by atoms with Crippen molar-refractivity contribution in [3.05, 3.63) is 118 Å². The third kappa shape index (κ3) is 5.52. The van der Waals surface area contributed by atoms with Crippen LogP contribution in [-0.4, -0.2) is 48.0 Å². The normalized spacial score (nSPS) is 14.8. The van der Waals surface area contributed by atoms with Crippen LogP contribution in [0.3, 0.4) is 0 Å². The first-order valence-corrected chi connectivity index (χ1v) is 15.0. The van der Waals surface area contributed by atoms with E-state index in [4.69, 9.17) is 13.6 Å². The second kappa shape index (κ2) is 11.6. The highest BCUT2D eigenvalue weighted by Gasteiger charge is 2.26. The van der Waals surface area contributed by atoms with Gasteiger partial charge in [-0.1, -0.05) is 53.8 Å². The molecule has 3 aromatic heterocycles. The number of nitrogens with zero attached hydrogens (tertiary/aromatic N) is 2. The molecule has 0 aliphatic carbocycles. The van der Waals surface area contributed by atoms with E-state index >= 15 is 0 Å². The van der Waals surface area contributed by atoms with E-state index in [9.17, 15) is 14.4 Å². The van der Waals surface area contributed by atoms with Crippen LogP contribution in [0.2, 0.25) is 0 Å². The summed E-state index contributed by atoms with van der Waals surface area (Å²) in [6.07, 6.45) is 3.03. The van der Waals surface area contributed by atoms with Crippen LogP contribution < -0.4 is 10.9 Å². The van der Waals surface area contributed by atoms with E-state index in [2.05, 4.69) is 10.3 Å². The summed E-state index contributed by atoms with van der Waals surface area (Å²) in [6.45, 7) is 1.14. The van der Waals surface area contributed by atoms with Gasteiger partial charge in [0.05, 0.1) is 16.5 Å². The van der Waals surface area contributed by atoms with Crippen LogP contribution in [0.1, 0.15) is 33.7 Å². The van der Waals surface area contributed by atoms with Gasteiger partial charge in [0.1, 0.15) is 11.2 Å². The lowest BCUT2D eigenvalue weighted by Gasteiger charge is -2.15. The number of hydrogen-bond donors (Lipinski definition) is 1. The number of aromatic nitrogens is 1. The molecule has 1 atom stereocenters. The van der Waals surface area contributed by atoms with E-state index in [1.807, 2.05) is 48.5 Å². The fourth-order valence-corrected chi connectivity index (χ4v) is 6.28. The quantitative estimate of drug-likeness (QED) is 0.158. The number of likely N-dealkylation sites (tertiary alicyclic amines) is 1. The Bertz CT molecular complexity index is 2080. The van der Waals surface area contributed by atoms with Crippen molar-refractivity contribution in [2.45, 2.75) is 18.9 Å². The number of benzene rings is 3. The molecule has 4 heterocycles. The van der Waals surface area contributed by atoms with Crippen LogP contribution in [0.25, 0.3) is 32.4 Å². The van der Waals surface area contributed by atoms with E-state index in [0.717, 1.165) is 28.3 Å². The van der Waals surface area contributed by atoms with Gasteiger partial charge in [0.15, 0.2) is 10.9 Å². The monoisotopic (exact) mass is 605 g/mol. The van der Waals surface area contributed by atoms with Crippen LogP contribution >= 0.6 is 11.3 Å². The number of urea groups is 1. The first kappa shape index (κ1) is 27.8. The Labute approximate surface area is 255 Å². The number of hydrogen-bond acceptors (Lipinski definition) is 8. The van der Waals surface area contributed by atoms with Gasteiger partial charge in [0.2, 0.25) is 5.78 Å². The number of ketones is 1. The second-order valence-corrected chi connectivity index (χ2v) is 11.8. The third-order valence-corrected chi connectivity index (χ3v) is 8.74. The molecule has 1 unspecified atom stereocenters. The first-order valence-electron chi connectivity index (χ1n) is 14.2. The molecule has 10 heteroatoms. The van der Waals surface area contributed by atoms with Crippen LogP contribution in [0, 0.1) is 0 Å². The Morgan fingerprint density at radius 2 is 1.70 bits per heavy atom. The molecule has 7 rings (SSSR count). The molecule has 0 spiro atoms.